The third kappa shape index (κ3) is 3.97. The van der Waals surface area contributed by atoms with Crippen molar-refractivity contribution in [2.75, 3.05) is 11.9 Å². The topological polar surface area (TPSA) is 81.4 Å². The predicted molar refractivity (Wildman–Crippen MR) is 114 cm³/mol. The highest BCUT2D eigenvalue weighted by molar-refractivity contribution is 7.19. The van der Waals surface area contributed by atoms with Crippen LogP contribution in [0.5, 0.6) is 5.75 Å². The van der Waals surface area contributed by atoms with Crippen LogP contribution in [0.15, 0.2) is 36.4 Å². The molecular weight excluding hydrogens is 386 g/mol. The van der Waals surface area contributed by atoms with Crippen molar-refractivity contribution in [2.45, 2.75) is 27.7 Å². The van der Waals surface area contributed by atoms with E-state index in [0.29, 0.717) is 5.75 Å². The van der Waals surface area contributed by atoms with Gasteiger partial charge in [0.2, 0.25) is 4.96 Å². The van der Waals surface area contributed by atoms with Crippen LogP contribution in [0.2, 0.25) is 0 Å². The van der Waals surface area contributed by atoms with Crippen molar-refractivity contribution in [1.82, 2.24) is 19.8 Å². The first-order chi connectivity index (χ1) is 13.9. The molecule has 0 spiro atoms. The number of fused-ring (bicyclic) bond motifs is 1. The van der Waals surface area contributed by atoms with Gasteiger partial charge in [-0.25, -0.2) is 0 Å². The van der Waals surface area contributed by atoms with Crippen LogP contribution in [0.1, 0.15) is 22.5 Å². The fourth-order valence-corrected chi connectivity index (χ4v) is 3.89. The van der Waals surface area contributed by atoms with E-state index in [1.807, 2.05) is 64.1 Å². The Kier molecular flexibility index (Phi) is 5.02. The zero-order chi connectivity index (χ0) is 20.5. The molecule has 7 nitrogen and oxygen atoms in total. The van der Waals surface area contributed by atoms with Crippen LogP contribution in [0.3, 0.4) is 0 Å². The fourth-order valence-electron chi connectivity index (χ4n) is 3.01. The van der Waals surface area contributed by atoms with Gasteiger partial charge in [-0.05, 0) is 51.0 Å². The van der Waals surface area contributed by atoms with Gasteiger partial charge in [0.05, 0.1) is 0 Å². The van der Waals surface area contributed by atoms with Gasteiger partial charge in [0, 0.05) is 11.3 Å². The number of benzene rings is 2. The molecule has 0 aliphatic carbocycles. The Hall–Kier alpha value is -3.26. The Bertz CT molecular complexity index is 1210. The van der Waals surface area contributed by atoms with Gasteiger partial charge in [0.25, 0.3) is 5.91 Å². The van der Waals surface area contributed by atoms with Crippen molar-refractivity contribution >= 4 is 27.9 Å². The highest BCUT2D eigenvalue weighted by Gasteiger charge is 2.13. The summed E-state index contributed by atoms with van der Waals surface area (Å²) in [5.74, 6) is 1.25. The quantitative estimate of drug-likeness (QED) is 0.539. The zero-order valence-corrected chi connectivity index (χ0v) is 17.5. The number of hydrogen-bond acceptors (Lipinski definition) is 6. The van der Waals surface area contributed by atoms with E-state index in [1.165, 1.54) is 11.3 Å². The molecule has 2 heterocycles. The summed E-state index contributed by atoms with van der Waals surface area (Å²) in [4.78, 5) is 13.2. The lowest BCUT2D eigenvalue weighted by atomic mass is 10.1. The number of nitrogens with one attached hydrogen (secondary N) is 1. The van der Waals surface area contributed by atoms with Crippen molar-refractivity contribution in [3.8, 4) is 16.3 Å². The normalized spacial score (nSPS) is 11.0. The van der Waals surface area contributed by atoms with Gasteiger partial charge < -0.3 is 10.1 Å². The minimum Gasteiger partial charge on any atom is -0.483 e. The van der Waals surface area contributed by atoms with Crippen LogP contribution >= 0.6 is 11.3 Å². The van der Waals surface area contributed by atoms with E-state index in [4.69, 9.17) is 4.74 Å². The zero-order valence-electron chi connectivity index (χ0n) is 16.7. The predicted octanol–water partition coefficient (Wildman–Crippen LogP) is 4.10. The van der Waals surface area contributed by atoms with Gasteiger partial charge >= 0.3 is 0 Å². The Morgan fingerprint density at radius 2 is 1.90 bits per heavy atom. The van der Waals surface area contributed by atoms with E-state index < -0.39 is 0 Å². The summed E-state index contributed by atoms with van der Waals surface area (Å²) < 4.78 is 7.40. The number of hydrogen-bond donors (Lipinski definition) is 1. The molecule has 0 fully saturated rings. The molecule has 0 bridgehead atoms. The molecule has 4 aromatic rings. The average molecular weight is 407 g/mol. The van der Waals surface area contributed by atoms with Gasteiger partial charge in [-0.15, -0.1) is 10.2 Å². The van der Waals surface area contributed by atoms with E-state index in [1.54, 1.807) is 4.52 Å². The second-order valence-electron chi connectivity index (χ2n) is 6.98. The molecular formula is C21H21N5O2S. The van der Waals surface area contributed by atoms with Gasteiger partial charge in [0.15, 0.2) is 12.4 Å². The first kappa shape index (κ1) is 19.1. The second-order valence-corrected chi connectivity index (χ2v) is 7.94. The molecule has 1 amide bonds. The molecule has 0 atom stereocenters. The number of anilines is 1. The van der Waals surface area contributed by atoms with Gasteiger partial charge in [-0.2, -0.15) is 9.61 Å². The Balaban J connectivity index is 1.49. The van der Waals surface area contributed by atoms with E-state index in [2.05, 4.69) is 20.6 Å². The lowest BCUT2D eigenvalue weighted by Gasteiger charge is -2.12. The molecule has 148 valence electrons. The fraction of sp³-hybridized carbons (Fsp3) is 0.238. The summed E-state index contributed by atoms with van der Waals surface area (Å²) in [5, 5.41) is 16.4. The van der Waals surface area contributed by atoms with Crippen molar-refractivity contribution < 1.29 is 9.53 Å². The molecule has 1 N–H and O–H groups in total. The third-order valence-electron chi connectivity index (χ3n) is 4.59. The van der Waals surface area contributed by atoms with Crippen LogP contribution in [-0.2, 0) is 4.79 Å². The maximum Gasteiger partial charge on any atom is 0.262 e. The number of rotatable bonds is 5. The Morgan fingerprint density at radius 3 is 2.66 bits per heavy atom. The SMILES string of the molecule is Cc1ccc(OCC(=O)Nc2cc(-c3nn4c(C)nnc4s3)ccc2C)c(C)c1. The van der Waals surface area contributed by atoms with Crippen LogP contribution in [0, 0.1) is 27.7 Å². The van der Waals surface area contributed by atoms with E-state index in [0.717, 1.165) is 43.7 Å². The summed E-state index contributed by atoms with van der Waals surface area (Å²) in [5.41, 5.74) is 4.78. The number of carbonyl (C=O) groups excluding carboxylic acids is 1. The molecule has 29 heavy (non-hydrogen) atoms. The lowest BCUT2D eigenvalue weighted by molar-refractivity contribution is -0.118. The summed E-state index contributed by atoms with van der Waals surface area (Å²) in [6.07, 6.45) is 0. The Labute approximate surface area is 172 Å². The van der Waals surface area contributed by atoms with Gasteiger partial charge in [-0.1, -0.05) is 41.2 Å². The van der Waals surface area contributed by atoms with Crippen molar-refractivity contribution in [3.05, 3.63) is 58.9 Å². The molecule has 0 saturated heterocycles. The number of nitrogens with zero attached hydrogens (tertiary/aromatic N) is 4. The number of aryl methyl sites for hydroxylation is 4. The van der Waals surface area contributed by atoms with E-state index in [9.17, 15) is 4.79 Å². The Morgan fingerprint density at radius 1 is 1.07 bits per heavy atom. The van der Waals surface area contributed by atoms with Crippen LogP contribution in [0.25, 0.3) is 15.5 Å². The molecule has 0 radical (unpaired) electrons. The standard InChI is InChI=1S/C21H21N5O2S/c1-12-5-8-18(14(3)9-12)28-11-19(27)22-17-10-16(7-6-13(17)2)20-25-26-15(4)23-24-21(26)29-20/h5-10H,11H2,1-4H3,(H,22,27). The number of aromatic nitrogens is 4. The third-order valence-corrected chi connectivity index (χ3v) is 5.54. The average Bonchev–Trinajstić information content (AvgIpc) is 3.25. The second kappa shape index (κ2) is 7.63. The van der Waals surface area contributed by atoms with E-state index in [-0.39, 0.29) is 12.5 Å². The highest BCUT2D eigenvalue weighted by atomic mass is 32.1. The number of carbonyl (C=O) groups is 1. The summed E-state index contributed by atoms with van der Waals surface area (Å²) >= 11 is 1.46. The summed E-state index contributed by atoms with van der Waals surface area (Å²) in [6.45, 7) is 7.75. The number of amides is 1. The minimum atomic E-state index is -0.209. The smallest absolute Gasteiger partial charge is 0.262 e. The molecule has 8 heteroatoms. The number of ether oxygens (including phenoxy) is 1. The maximum atomic E-state index is 12.4. The van der Waals surface area contributed by atoms with Crippen molar-refractivity contribution in [3.63, 3.8) is 0 Å². The maximum absolute atomic E-state index is 12.4. The van der Waals surface area contributed by atoms with Crippen molar-refractivity contribution in [2.24, 2.45) is 0 Å². The highest BCUT2D eigenvalue weighted by Crippen LogP contribution is 2.29. The molecule has 0 aliphatic rings. The molecule has 0 unspecified atom stereocenters. The minimum absolute atomic E-state index is 0.0521. The van der Waals surface area contributed by atoms with Gasteiger partial charge in [-0.3, -0.25) is 4.79 Å². The van der Waals surface area contributed by atoms with Crippen LogP contribution < -0.4 is 10.1 Å². The van der Waals surface area contributed by atoms with E-state index >= 15 is 0 Å². The van der Waals surface area contributed by atoms with Gasteiger partial charge in [0.1, 0.15) is 10.8 Å². The lowest BCUT2D eigenvalue weighted by Crippen LogP contribution is -2.21. The summed E-state index contributed by atoms with van der Waals surface area (Å²) in [7, 11) is 0. The van der Waals surface area contributed by atoms with Crippen LogP contribution in [0.4, 0.5) is 5.69 Å². The molecule has 0 aliphatic heterocycles. The molecule has 0 saturated carbocycles. The molecule has 4 rings (SSSR count). The van der Waals surface area contributed by atoms with Crippen molar-refractivity contribution in [1.29, 1.82) is 0 Å². The molecule has 2 aromatic carbocycles. The molecule has 2 aromatic heterocycles. The first-order valence-corrected chi connectivity index (χ1v) is 10.0. The van der Waals surface area contributed by atoms with Crippen LogP contribution in [-0.4, -0.2) is 32.3 Å². The monoisotopic (exact) mass is 407 g/mol. The first-order valence-electron chi connectivity index (χ1n) is 9.20. The summed E-state index contributed by atoms with van der Waals surface area (Å²) in [6, 6.07) is 11.8. The largest absolute Gasteiger partial charge is 0.483 e.